The van der Waals surface area contributed by atoms with Crippen LogP contribution in [0.2, 0.25) is 0 Å². The Hall–Kier alpha value is -0.870. The summed E-state index contributed by atoms with van der Waals surface area (Å²) in [6.45, 7) is 4.77. The Bertz CT molecular complexity index is 500. The zero-order valence-electron chi connectivity index (χ0n) is 14.0. The number of aliphatic hydroxyl groups is 5. The SMILES string of the molecule is CC1=C(C=O)C(C)(C)CC(O)C1OC1OC(CO)C(O)C(O)C1O. The van der Waals surface area contributed by atoms with Gasteiger partial charge in [0.05, 0.1) is 12.7 Å². The highest BCUT2D eigenvalue weighted by atomic mass is 16.7. The van der Waals surface area contributed by atoms with Crippen LogP contribution in [-0.2, 0) is 14.3 Å². The zero-order valence-corrected chi connectivity index (χ0v) is 14.0. The average molecular weight is 346 g/mol. The fraction of sp³-hybridized carbons (Fsp3) is 0.812. The van der Waals surface area contributed by atoms with E-state index in [0.29, 0.717) is 11.1 Å². The van der Waals surface area contributed by atoms with Gasteiger partial charge >= 0.3 is 0 Å². The van der Waals surface area contributed by atoms with E-state index in [4.69, 9.17) is 9.47 Å². The number of hydrogen-bond acceptors (Lipinski definition) is 8. The van der Waals surface area contributed by atoms with Crippen molar-refractivity contribution in [3.05, 3.63) is 11.1 Å². The molecule has 1 aliphatic carbocycles. The minimum atomic E-state index is -1.56. The minimum absolute atomic E-state index is 0.278. The van der Waals surface area contributed by atoms with E-state index >= 15 is 0 Å². The molecule has 0 aromatic heterocycles. The molecular formula is C16H26O8. The average Bonchev–Trinajstić information content (AvgIpc) is 2.50. The number of ether oxygens (including phenoxy) is 2. The number of carbonyl (C=O) groups is 1. The molecule has 7 atom stereocenters. The summed E-state index contributed by atoms with van der Waals surface area (Å²) in [6.07, 6.45) is -7.89. The molecule has 0 bridgehead atoms. The molecule has 5 N–H and O–H groups in total. The third-order valence-corrected chi connectivity index (χ3v) is 4.90. The molecule has 0 saturated carbocycles. The van der Waals surface area contributed by atoms with Gasteiger partial charge in [-0.1, -0.05) is 13.8 Å². The molecule has 7 unspecified atom stereocenters. The molecule has 1 saturated heterocycles. The van der Waals surface area contributed by atoms with Crippen LogP contribution in [-0.4, -0.2) is 81.3 Å². The summed E-state index contributed by atoms with van der Waals surface area (Å²) in [4.78, 5) is 11.4. The highest BCUT2D eigenvalue weighted by molar-refractivity contribution is 5.77. The van der Waals surface area contributed by atoms with Crippen LogP contribution in [0.25, 0.3) is 0 Å². The van der Waals surface area contributed by atoms with E-state index in [1.54, 1.807) is 6.92 Å². The molecule has 2 rings (SSSR count). The third kappa shape index (κ3) is 3.41. The molecular weight excluding hydrogens is 320 g/mol. The van der Waals surface area contributed by atoms with Gasteiger partial charge in [-0.25, -0.2) is 0 Å². The van der Waals surface area contributed by atoms with Crippen molar-refractivity contribution in [3.63, 3.8) is 0 Å². The largest absolute Gasteiger partial charge is 0.394 e. The van der Waals surface area contributed by atoms with Crippen molar-refractivity contribution in [2.75, 3.05) is 6.61 Å². The number of rotatable bonds is 4. The van der Waals surface area contributed by atoms with Crippen molar-refractivity contribution in [3.8, 4) is 0 Å². The van der Waals surface area contributed by atoms with Crippen LogP contribution >= 0.6 is 0 Å². The summed E-state index contributed by atoms with van der Waals surface area (Å²) in [5.74, 6) is 0. The van der Waals surface area contributed by atoms with Crippen molar-refractivity contribution in [2.24, 2.45) is 5.41 Å². The molecule has 8 nitrogen and oxygen atoms in total. The van der Waals surface area contributed by atoms with E-state index in [-0.39, 0.29) is 6.42 Å². The Morgan fingerprint density at radius 1 is 1.21 bits per heavy atom. The van der Waals surface area contributed by atoms with Gasteiger partial charge in [0.15, 0.2) is 6.29 Å². The zero-order chi connectivity index (χ0) is 18.2. The first-order valence-corrected chi connectivity index (χ1v) is 7.94. The molecule has 1 heterocycles. The van der Waals surface area contributed by atoms with E-state index in [1.165, 1.54) is 0 Å². The predicted molar refractivity (Wildman–Crippen MR) is 81.8 cm³/mol. The smallest absolute Gasteiger partial charge is 0.187 e. The first kappa shape index (κ1) is 19.5. The van der Waals surface area contributed by atoms with E-state index in [2.05, 4.69) is 0 Å². The Balaban J connectivity index is 2.24. The van der Waals surface area contributed by atoms with E-state index in [9.17, 15) is 30.3 Å². The molecule has 1 fully saturated rings. The van der Waals surface area contributed by atoms with Crippen LogP contribution in [0.5, 0.6) is 0 Å². The Morgan fingerprint density at radius 3 is 2.38 bits per heavy atom. The van der Waals surface area contributed by atoms with E-state index < -0.39 is 54.9 Å². The van der Waals surface area contributed by atoms with Gasteiger partial charge in [0.2, 0.25) is 0 Å². The van der Waals surface area contributed by atoms with Gasteiger partial charge in [-0.15, -0.1) is 0 Å². The van der Waals surface area contributed by atoms with Gasteiger partial charge in [-0.05, 0) is 29.9 Å². The van der Waals surface area contributed by atoms with Crippen LogP contribution in [0.3, 0.4) is 0 Å². The molecule has 0 spiro atoms. The Labute approximate surface area is 140 Å². The Kier molecular flexibility index (Phi) is 5.81. The molecule has 0 radical (unpaired) electrons. The highest BCUT2D eigenvalue weighted by Gasteiger charge is 2.47. The highest BCUT2D eigenvalue weighted by Crippen LogP contribution is 2.41. The summed E-state index contributed by atoms with van der Waals surface area (Å²) >= 11 is 0. The summed E-state index contributed by atoms with van der Waals surface area (Å²) in [5, 5.41) is 49.2. The minimum Gasteiger partial charge on any atom is -0.394 e. The fourth-order valence-electron chi connectivity index (χ4n) is 3.48. The molecule has 2 aliphatic rings. The van der Waals surface area contributed by atoms with E-state index in [1.807, 2.05) is 13.8 Å². The maximum absolute atomic E-state index is 11.4. The van der Waals surface area contributed by atoms with Gasteiger partial charge in [-0.2, -0.15) is 0 Å². The molecule has 0 aromatic carbocycles. The van der Waals surface area contributed by atoms with Crippen molar-refractivity contribution >= 4 is 6.29 Å². The van der Waals surface area contributed by atoms with Crippen LogP contribution in [0.1, 0.15) is 27.2 Å². The number of aldehydes is 1. The monoisotopic (exact) mass is 346 g/mol. The Morgan fingerprint density at radius 2 is 1.83 bits per heavy atom. The van der Waals surface area contributed by atoms with Gasteiger partial charge in [0.25, 0.3) is 0 Å². The van der Waals surface area contributed by atoms with Gasteiger partial charge in [-0.3, -0.25) is 4.79 Å². The van der Waals surface area contributed by atoms with Crippen LogP contribution < -0.4 is 0 Å². The molecule has 138 valence electrons. The van der Waals surface area contributed by atoms with Crippen molar-refractivity contribution < 1.29 is 39.8 Å². The third-order valence-electron chi connectivity index (χ3n) is 4.90. The molecule has 24 heavy (non-hydrogen) atoms. The number of aliphatic hydroxyl groups excluding tert-OH is 5. The second-order valence-electron chi connectivity index (χ2n) is 7.12. The summed E-state index contributed by atoms with van der Waals surface area (Å²) < 4.78 is 10.9. The van der Waals surface area contributed by atoms with Gasteiger partial charge in [0, 0.05) is 0 Å². The molecule has 8 heteroatoms. The van der Waals surface area contributed by atoms with Crippen molar-refractivity contribution in [2.45, 2.75) is 70.1 Å². The topological polar surface area (TPSA) is 137 Å². The summed E-state index contributed by atoms with van der Waals surface area (Å²) in [7, 11) is 0. The number of hydrogen-bond donors (Lipinski definition) is 5. The first-order valence-electron chi connectivity index (χ1n) is 7.94. The van der Waals surface area contributed by atoms with Crippen molar-refractivity contribution in [1.82, 2.24) is 0 Å². The van der Waals surface area contributed by atoms with E-state index in [0.717, 1.165) is 6.29 Å². The van der Waals surface area contributed by atoms with Gasteiger partial charge < -0.3 is 35.0 Å². The molecule has 1 aliphatic heterocycles. The number of carbonyl (C=O) groups excluding carboxylic acids is 1. The lowest BCUT2D eigenvalue weighted by Gasteiger charge is -2.44. The summed E-state index contributed by atoms with van der Waals surface area (Å²) in [5.41, 5.74) is 0.508. The lowest BCUT2D eigenvalue weighted by molar-refractivity contribution is -0.314. The lowest BCUT2D eigenvalue weighted by Crippen LogP contribution is -2.60. The maximum Gasteiger partial charge on any atom is 0.187 e. The normalized spacial score (nSPS) is 42.9. The fourth-order valence-corrected chi connectivity index (χ4v) is 3.48. The molecule has 0 amide bonds. The maximum atomic E-state index is 11.4. The first-order chi connectivity index (χ1) is 11.1. The molecule has 0 aromatic rings. The van der Waals surface area contributed by atoms with Crippen LogP contribution in [0, 0.1) is 5.41 Å². The predicted octanol–water partition coefficient (Wildman–Crippen LogP) is -1.52. The quantitative estimate of drug-likeness (QED) is 0.387. The standard InChI is InChI=1S/C16H26O8/c1-7-8(5-17)16(2,3)4-9(19)14(7)24-15-13(22)12(21)11(20)10(6-18)23-15/h5,9-15,18-22H,4,6H2,1-3H3. The summed E-state index contributed by atoms with van der Waals surface area (Å²) in [6, 6.07) is 0. The number of allylic oxidation sites excluding steroid dienone is 1. The second kappa shape index (κ2) is 7.17. The van der Waals surface area contributed by atoms with Crippen molar-refractivity contribution in [1.29, 1.82) is 0 Å². The van der Waals surface area contributed by atoms with Crippen LogP contribution in [0.4, 0.5) is 0 Å². The van der Waals surface area contributed by atoms with Gasteiger partial charge in [0.1, 0.15) is 36.8 Å². The van der Waals surface area contributed by atoms with Crippen LogP contribution in [0.15, 0.2) is 11.1 Å². The second-order valence-corrected chi connectivity index (χ2v) is 7.12. The lowest BCUT2D eigenvalue weighted by atomic mass is 9.71.